The average Bonchev–Trinajstić information content (AvgIpc) is 2.75. The van der Waals surface area contributed by atoms with Crippen molar-refractivity contribution < 1.29 is 17.9 Å². The van der Waals surface area contributed by atoms with Crippen LogP contribution in [0.2, 0.25) is 0 Å². The molecule has 0 unspecified atom stereocenters. The van der Waals surface area contributed by atoms with E-state index in [-0.39, 0.29) is 23.1 Å². The molecule has 25 heavy (non-hydrogen) atoms. The maximum Gasteiger partial charge on any atom is 0.341 e. The standard InChI is InChI=1S/C18H30N2O4S/c1-5-24-18(21)16-13(2)20(4)14(3)17(16)25(22,23)19-15-11-9-7-6-8-10-12-15/h15,19H,5-12H2,1-4H3. The first-order chi connectivity index (χ1) is 11.8. The van der Waals surface area contributed by atoms with Crippen LogP contribution in [0.3, 0.4) is 0 Å². The lowest BCUT2D eigenvalue weighted by Crippen LogP contribution is -2.36. The number of nitrogens with zero attached hydrogens (tertiary/aromatic N) is 1. The molecule has 0 amide bonds. The quantitative estimate of drug-likeness (QED) is 0.808. The van der Waals surface area contributed by atoms with E-state index >= 15 is 0 Å². The Kier molecular flexibility index (Phi) is 6.68. The summed E-state index contributed by atoms with van der Waals surface area (Å²) in [5.74, 6) is -0.582. The smallest absolute Gasteiger partial charge is 0.341 e. The molecule has 1 fully saturated rings. The Morgan fingerprint density at radius 2 is 1.68 bits per heavy atom. The largest absolute Gasteiger partial charge is 0.462 e. The molecule has 0 radical (unpaired) electrons. The lowest BCUT2D eigenvalue weighted by Gasteiger charge is -2.21. The van der Waals surface area contributed by atoms with Crippen molar-refractivity contribution in [3.05, 3.63) is 17.0 Å². The van der Waals surface area contributed by atoms with Crippen LogP contribution in [0, 0.1) is 13.8 Å². The number of sulfonamides is 1. The molecule has 1 aromatic heterocycles. The molecule has 142 valence electrons. The molecule has 1 aromatic rings. The molecular formula is C18H30N2O4S. The predicted octanol–water partition coefficient (Wildman–Crippen LogP) is 3.21. The molecule has 0 spiro atoms. The van der Waals surface area contributed by atoms with Gasteiger partial charge in [-0.15, -0.1) is 0 Å². The Balaban J connectivity index is 2.37. The second-order valence-corrected chi connectivity index (χ2v) is 8.47. The van der Waals surface area contributed by atoms with Gasteiger partial charge in [0.25, 0.3) is 0 Å². The van der Waals surface area contributed by atoms with Crippen LogP contribution in [0.5, 0.6) is 0 Å². The van der Waals surface area contributed by atoms with Gasteiger partial charge in [-0.1, -0.05) is 32.1 Å². The van der Waals surface area contributed by atoms with E-state index in [9.17, 15) is 13.2 Å². The van der Waals surface area contributed by atoms with Gasteiger partial charge in [-0.3, -0.25) is 0 Å². The molecule has 2 rings (SSSR count). The van der Waals surface area contributed by atoms with Crippen molar-refractivity contribution in [3.8, 4) is 0 Å². The molecule has 6 nitrogen and oxygen atoms in total. The van der Waals surface area contributed by atoms with Gasteiger partial charge in [0.15, 0.2) is 0 Å². The topological polar surface area (TPSA) is 77.4 Å². The van der Waals surface area contributed by atoms with Gasteiger partial charge in [0.2, 0.25) is 10.0 Å². The Morgan fingerprint density at radius 1 is 1.12 bits per heavy atom. The zero-order valence-corrected chi connectivity index (χ0v) is 16.5. The maximum atomic E-state index is 13.1. The van der Waals surface area contributed by atoms with Crippen LogP contribution in [0.25, 0.3) is 0 Å². The second-order valence-electron chi connectivity index (χ2n) is 6.82. The number of hydrogen-bond acceptors (Lipinski definition) is 4. The van der Waals surface area contributed by atoms with Crippen molar-refractivity contribution in [1.29, 1.82) is 0 Å². The first-order valence-electron chi connectivity index (χ1n) is 9.15. The van der Waals surface area contributed by atoms with Gasteiger partial charge in [0.05, 0.1) is 6.61 Å². The fourth-order valence-corrected chi connectivity index (χ4v) is 5.36. The number of ether oxygens (including phenoxy) is 1. The van der Waals surface area contributed by atoms with Crippen molar-refractivity contribution in [2.75, 3.05) is 6.61 Å². The number of rotatable bonds is 5. The SMILES string of the molecule is CCOC(=O)c1c(S(=O)(=O)NC2CCCCCCC2)c(C)n(C)c1C. The molecule has 1 aliphatic rings. The van der Waals surface area contributed by atoms with Crippen LogP contribution >= 0.6 is 0 Å². The van der Waals surface area contributed by atoms with Crippen LogP contribution < -0.4 is 4.72 Å². The summed E-state index contributed by atoms with van der Waals surface area (Å²) in [6, 6.07) is -0.0692. The molecule has 1 heterocycles. The van der Waals surface area contributed by atoms with E-state index in [1.165, 1.54) is 6.42 Å². The third-order valence-electron chi connectivity index (χ3n) is 5.10. The Labute approximate surface area is 151 Å². The highest BCUT2D eigenvalue weighted by molar-refractivity contribution is 7.89. The number of esters is 1. The van der Waals surface area contributed by atoms with E-state index in [0.717, 1.165) is 38.5 Å². The van der Waals surface area contributed by atoms with Gasteiger partial charge in [0, 0.05) is 24.5 Å². The zero-order chi connectivity index (χ0) is 18.6. The summed E-state index contributed by atoms with van der Waals surface area (Å²) in [5.41, 5.74) is 1.31. The minimum Gasteiger partial charge on any atom is -0.462 e. The summed E-state index contributed by atoms with van der Waals surface area (Å²) in [5, 5.41) is 0. The molecule has 0 atom stereocenters. The molecule has 7 heteroatoms. The van der Waals surface area contributed by atoms with Gasteiger partial charge < -0.3 is 9.30 Å². The minimum atomic E-state index is -3.79. The van der Waals surface area contributed by atoms with Crippen LogP contribution in [-0.4, -0.2) is 31.6 Å². The Hall–Kier alpha value is -1.34. The summed E-state index contributed by atoms with van der Waals surface area (Å²) < 4.78 is 35.8. The highest BCUT2D eigenvalue weighted by atomic mass is 32.2. The van der Waals surface area contributed by atoms with Crippen molar-refractivity contribution in [1.82, 2.24) is 9.29 Å². The van der Waals surface area contributed by atoms with E-state index in [1.54, 1.807) is 32.4 Å². The lowest BCUT2D eigenvalue weighted by molar-refractivity contribution is 0.0521. The van der Waals surface area contributed by atoms with Crippen LogP contribution in [-0.2, 0) is 21.8 Å². The van der Waals surface area contributed by atoms with Gasteiger partial charge in [-0.2, -0.15) is 0 Å². The third-order valence-corrected chi connectivity index (χ3v) is 6.78. The van der Waals surface area contributed by atoms with Crippen molar-refractivity contribution in [2.24, 2.45) is 7.05 Å². The minimum absolute atomic E-state index is 0.0630. The van der Waals surface area contributed by atoms with E-state index in [2.05, 4.69) is 4.72 Å². The Morgan fingerprint density at radius 3 is 2.24 bits per heavy atom. The summed E-state index contributed by atoms with van der Waals surface area (Å²) in [6.07, 6.45) is 7.28. The van der Waals surface area contributed by atoms with Crippen molar-refractivity contribution in [3.63, 3.8) is 0 Å². The fraction of sp³-hybridized carbons (Fsp3) is 0.722. The third kappa shape index (κ3) is 4.44. The average molecular weight is 371 g/mol. The van der Waals surface area contributed by atoms with Gasteiger partial charge >= 0.3 is 5.97 Å². The number of carbonyl (C=O) groups excluding carboxylic acids is 1. The van der Waals surface area contributed by atoms with E-state index < -0.39 is 16.0 Å². The number of carbonyl (C=O) groups is 1. The monoisotopic (exact) mass is 370 g/mol. The zero-order valence-electron chi connectivity index (χ0n) is 15.7. The van der Waals surface area contributed by atoms with Gasteiger partial charge in [-0.05, 0) is 33.6 Å². The lowest BCUT2D eigenvalue weighted by atomic mass is 9.97. The van der Waals surface area contributed by atoms with Crippen LogP contribution in [0.1, 0.15) is 73.6 Å². The molecule has 1 saturated carbocycles. The number of aromatic nitrogens is 1. The first kappa shape index (κ1) is 20.0. The summed E-state index contributed by atoms with van der Waals surface area (Å²) in [6.45, 7) is 5.39. The maximum absolute atomic E-state index is 13.1. The molecule has 1 N–H and O–H groups in total. The van der Waals surface area contributed by atoms with Gasteiger partial charge in [0.1, 0.15) is 10.5 Å². The highest BCUT2D eigenvalue weighted by Gasteiger charge is 2.32. The fourth-order valence-electron chi connectivity index (χ4n) is 3.54. The Bertz CT molecular complexity index is 714. The summed E-state index contributed by atoms with van der Waals surface area (Å²) in [4.78, 5) is 12.4. The molecule has 0 bridgehead atoms. The molecular weight excluding hydrogens is 340 g/mol. The molecule has 0 saturated heterocycles. The second kappa shape index (κ2) is 8.36. The van der Waals surface area contributed by atoms with Crippen molar-refractivity contribution >= 4 is 16.0 Å². The molecule has 0 aliphatic heterocycles. The van der Waals surface area contributed by atoms with Crippen molar-refractivity contribution in [2.45, 2.75) is 76.7 Å². The number of hydrogen-bond donors (Lipinski definition) is 1. The molecule has 1 aliphatic carbocycles. The van der Waals surface area contributed by atoms with Crippen LogP contribution in [0.4, 0.5) is 0 Å². The molecule has 0 aromatic carbocycles. The predicted molar refractivity (Wildman–Crippen MR) is 97.3 cm³/mol. The van der Waals surface area contributed by atoms with Gasteiger partial charge in [-0.25, -0.2) is 17.9 Å². The van der Waals surface area contributed by atoms with Crippen LogP contribution in [0.15, 0.2) is 4.90 Å². The summed E-state index contributed by atoms with van der Waals surface area (Å²) in [7, 11) is -2.02. The first-order valence-corrected chi connectivity index (χ1v) is 10.6. The normalized spacial score (nSPS) is 17.1. The van der Waals surface area contributed by atoms with E-state index in [0.29, 0.717) is 11.4 Å². The highest BCUT2D eigenvalue weighted by Crippen LogP contribution is 2.28. The number of nitrogens with one attached hydrogen (secondary N) is 1. The summed E-state index contributed by atoms with van der Waals surface area (Å²) >= 11 is 0. The van der Waals surface area contributed by atoms with E-state index in [4.69, 9.17) is 4.74 Å². The van der Waals surface area contributed by atoms with E-state index in [1.807, 2.05) is 0 Å².